The van der Waals surface area contributed by atoms with Crippen molar-refractivity contribution in [1.82, 2.24) is 15.5 Å². The molecule has 6 atom stereocenters. The maximum atomic E-state index is 13.2. The average molecular weight is 613 g/mol. The summed E-state index contributed by atoms with van der Waals surface area (Å²) in [4.78, 5) is 21.0. The minimum Gasteiger partial charge on any atom is -0.349 e. The number of hydrogen-bond donors (Lipinski definition) is 3. The van der Waals surface area contributed by atoms with E-state index in [0.29, 0.717) is 45.4 Å². The Balaban J connectivity index is 1.27. The number of anilines is 1. The molecule has 1 saturated heterocycles. The van der Waals surface area contributed by atoms with E-state index in [2.05, 4.69) is 55.5 Å². The third-order valence-corrected chi connectivity index (χ3v) is 10.7. The summed E-state index contributed by atoms with van der Waals surface area (Å²) in [6, 6.07) is 14.1. The molecule has 2 bridgehead atoms. The molecule has 0 aromatic heterocycles. The molecule has 42 heavy (non-hydrogen) atoms. The number of carbonyl (C=O) groups excluding carboxylic acids is 1. The van der Waals surface area contributed by atoms with Crippen LogP contribution in [0.15, 0.2) is 47.5 Å². The van der Waals surface area contributed by atoms with Crippen LogP contribution in [0.3, 0.4) is 0 Å². The quantitative estimate of drug-likeness (QED) is 0.217. The number of aliphatic imine (C=N–C) groups is 1. The Labute approximate surface area is 262 Å². The normalized spacial score (nSPS) is 27.6. The van der Waals surface area contributed by atoms with Gasteiger partial charge < -0.3 is 20.9 Å². The van der Waals surface area contributed by atoms with Crippen molar-refractivity contribution in [3.8, 4) is 0 Å². The molecule has 3 N–H and O–H groups in total. The molecule has 2 aromatic rings. The molecule has 1 aliphatic heterocycles. The van der Waals surface area contributed by atoms with E-state index >= 15 is 0 Å². The van der Waals surface area contributed by atoms with Gasteiger partial charge in [0.15, 0.2) is 5.96 Å². The summed E-state index contributed by atoms with van der Waals surface area (Å²) in [6.45, 7) is 14.4. The molecule has 1 heterocycles. The van der Waals surface area contributed by atoms with Crippen molar-refractivity contribution in [2.24, 2.45) is 28.2 Å². The van der Waals surface area contributed by atoms with Gasteiger partial charge in [0.1, 0.15) is 0 Å². The summed E-state index contributed by atoms with van der Waals surface area (Å²) in [7, 11) is 0. The second-order valence-corrected chi connectivity index (χ2v) is 14.2. The molecule has 228 valence electrons. The number of piperazine rings is 1. The van der Waals surface area contributed by atoms with E-state index in [1.165, 1.54) is 6.42 Å². The summed E-state index contributed by atoms with van der Waals surface area (Å²) in [6.07, 6.45) is 5.01. The topological polar surface area (TPSA) is 68.8 Å². The van der Waals surface area contributed by atoms with Crippen LogP contribution in [-0.2, 0) is 6.42 Å². The Hall–Kier alpha value is -2.28. The molecular formula is C34H47Cl2N5O. The average Bonchev–Trinajstić information content (AvgIpc) is 2.95. The fraction of sp³-hybridized carbons (Fsp3) is 0.588. The molecule has 6 rings (SSSR count). The van der Waals surface area contributed by atoms with Crippen LogP contribution in [0, 0.1) is 23.2 Å². The van der Waals surface area contributed by atoms with Crippen molar-refractivity contribution < 1.29 is 4.79 Å². The van der Waals surface area contributed by atoms with Gasteiger partial charge in [-0.2, -0.15) is 0 Å². The highest BCUT2D eigenvalue weighted by molar-refractivity contribution is 6.35. The van der Waals surface area contributed by atoms with Crippen molar-refractivity contribution in [3.63, 3.8) is 0 Å². The van der Waals surface area contributed by atoms with Crippen molar-refractivity contribution in [2.75, 3.05) is 25.0 Å². The molecule has 4 fully saturated rings. The van der Waals surface area contributed by atoms with Crippen LogP contribution in [0.4, 0.5) is 5.69 Å². The predicted octanol–water partition coefficient (Wildman–Crippen LogP) is 7.27. The number of halogens is 2. The number of guanidine groups is 1. The van der Waals surface area contributed by atoms with E-state index in [4.69, 9.17) is 28.2 Å². The number of rotatable bonds is 8. The van der Waals surface area contributed by atoms with Crippen LogP contribution in [0.1, 0.15) is 76.2 Å². The zero-order valence-electron chi connectivity index (χ0n) is 25.7. The maximum absolute atomic E-state index is 13.2. The van der Waals surface area contributed by atoms with Gasteiger partial charge in [0, 0.05) is 53.0 Å². The van der Waals surface area contributed by atoms with E-state index in [1.807, 2.05) is 36.4 Å². The molecule has 3 saturated carbocycles. The first kappa shape index (κ1) is 31.2. The van der Waals surface area contributed by atoms with Gasteiger partial charge >= 0.3 is 0 Å². The van der Waals surface area contributed by atoms with E-state index in [1.54, 1.807) is 6.07 Å². The molecule has 4 aliphatic rings. The van der Waals surface area contributed by atoms with Gasteiger partial charge in [-0.15, -0.1) is 0 Å². The first-order valence-electron chi connectivity index (χ1n) is 15.7. The lowest BCUT2D eigenvalue weighted by Gasteiger charge is -2.61. The minimum atomic E-state index is -0.0761. The van der Waals surface area contributed by atoms with Crippen molar-refractivity contribution in [3.05, 3.63) is 63.6 Å². The largest absolute Gasteiger partial charge is 0.349 e. The highest BCUT2D eigenvalue weighted by atomic mass is 35.5. The Morgan fingerprint density at radius 1 is 1.14 bits per heavy atom. The van der Waals surface area contributed by atoms with Crippen LogP contribution in [-0.4, -0.2) is 54.5 Å². The van der Waals surface area contributed by atoms with Crippen molar-refractivity contribution in [1.29, 1.82) is 0 Å². The van der Waals surface area contributed by atoms with Gasteiger partial charge in [0.25, 0.3) is 5.91 Å². The van der Waals surface area contributed by atoms with Crippen molar-refractivity contribution >= 4 is 40.8 Å². The van der Waals surface area contributed by atoms with Gasteiger partial charge in [-0.3, -0.25) is 4.79 Å². The summed E-state index contributed by atoms with van der Waals surface area (Å²) in [5.41, 5.74) is 3.02. The molecule has 1 unspecified atom stereocenters. The number of benzene rings is 2. The number of hydrogen-bond acceptors (Lipinski definition) is 3. The van der Waals surface area contributed by atoms with Gasteiger partial charge in [-0.1, -0.05) is 63.4 Å². The molecule has 0 radical (unpaired) electrons. The number of nitrogens with zero attached hydrogens (tertiary/aromatic N) is 2. The Kier molecular flexibility index (Phi) is 9.76. The van der Waals surface area contributed by atoms with Gasteiger partial charge in [-0.05, 0) is 97.7 Å². The molecule has 6 nitrogen and oxygen atoms in total. The van der Waals surface area contributed by atoms with E-state index < -0.39 is 0 Å². The number of carbonyl (C=O) groups is 1. The smallest absolute Gasteiger partial charge is 0.251 e. The second-order valence-electron chi connectivity index (χ2n) is 13.4. The molecular weight excluding hydrogens is 565 g/mol. The predicted molar refractivity (Wildman–Crippen MR) is 176 cm³/mol. The summed E-state index contributed by atoms with van der Waals surface area (Å²) < 4.78 is 0. The molecule has 1 amide bonds. The Morgan fingerprint density at radius 3 is 2.55 bits per heavy atom. The first-order chi connectivity index (χ1) is 20.0. The number of nitrogens with one attached hydrogen (secondary N) is 3. The van der Waals surface area contributed by atoms with Crippen LogP contribution in [0.5, 0.6) is 0 Å². The molecule has 8 heteroatoms. The van der Waals surface area contributed by atoms with Gasteiger partial charge in [-0.25, -0.2) is 4.99 Å². The standard InChI is InChI=1S/C34H47Cl2N5O/c1-6-7-28(16-24-8-11-26(35)19-30(24)36)38-32(42)23-9-12-27(13-10-23)39-33(41-15-14-37-21(2)20-41)40-31-18-25-17-29(22(31)3)34(25,4)5/h8-13,19,21-22,25,28-29,31,37H,6-7,14-18,20H2,1-5H3,(H,38,42)(H,39,40)/t21-,22+,25-,28?,29-,31-/m0/s1. The van der Waals surface area contributed by atoms with Gasteiger partial charge in [0.05, 0.1) is 6.04 Å². The van der Waals surface area contributed by atoms with E-state index in [-0.39, 0.29) is 11.9 Å². The lowest BCUT2D eigenvalue weighted by Crippen LogP contribution is -2.57. The Morgan fingerprint density at radius 2 is 1.90 bits per heavy atom. The third kappa shape index (κ3) is 6.92. The summed E-state index contributed by atoms with van der Waals surface area (Å²) >= 11 is 12.5. The SMILES string of the molecule is CCCC(Cc1ccc(Cl)cc1Cl)NC(=O)c1ccc(NC(=N[C@H]2C[C@@H]3C[C@@H]([C@H]2C)C3(C)C)N2CCN[C@@H](C)C2)cc1. The van der Waals surface area contributed by atoms with Crippen LogP contribution >= 0.6 is 23.2 Å². The second kappa shape index (κ2) is 13.2. The van der Waals surface area contributed by atoms with Crippen LogP contribution in [0.2, 0.25) is 10.0 Å². The van der Waals surface area contributed by atoms with Crippen molar-refractivity contribution in [2.45, 2.75) is 84.8 Å². The maximum Gasteiger partial charge on any atom is 0.251 e. The summed E-state index contributed by atoms with van der Waals surface area (Å²) in [5, 5.41) is 11.7. The highest BCUT2D eigenvalue weighted by Gasteiger charge is 2.56. The molecule has 3 aliphatic carbocycles. The Bertz CT molecular complexity index is 1280. The lowest BCUT2D eigenvalue weighted by molar-refractivity contribution is -0.108. The molecule has 2 aromatic carbocycles. The zero-order valence-corrected chi connectivity index (χ0v) is 27.2. The van der Waals surface area contributed by atoms with E-state index in [0.717, 1.165) is 67.9 Å². The fourth-order valence-electron chi connectivity index (χ4n) is 7.40. The van der Waals surface area contributed by atoms with Gasteiger partial charge in [0.2, 0.25) is 0 Å². The monoisotopic (exact) mass is 611 g/mol. The third-order valence-electron chi connectivity index (χ3n) is 10.1. The van der Waals surface area contributed by atoms with Crippen LogP contribution in [0.25, 0.3) is 0 Å². The minimum absolute atomic E-state index is 0.0129. The van der Waals surface area contributed by atoms with Crippen LogP contribution < -0.4 is 16.0 Å². The lowest BCUT2D eigenvalue weighted by atomic mass is 9.45. The summed E-state index contributed by atoms with van der Waals surface area (Å²) in [5.74, 6) is 2.97. The van der Waals surface area contributed by atoms with E-state index in [9.17, 15) is 4.79 Å². The molecule has 0 spiro atoms. The number of amides is 1. The zero-order chi connectivity index (χ0) is 30.0. The first-order valence-corrected chi connectivity index (χ1v) is 16.5. The fourth-order valence-corrected chi connectivity index (χ4v) is 7.88. The highest BCUT2D eigenvalue weighted by Crippen LogP contribution is 2.61. The number of fused-ring (bicyclic) bond motifs is 2.